The molecule has 1 aliphatic heterocycles. The zero-order chi connectivity index (χ0) is 13.1. The Labute approximate surface area is 120 Å². The van der Waals surface area contributed by atoms with Crippen LogP contribution in [0.15, 0.2) is 28.8 Å². The third-order valence-corrected chi connectivity index (χ3v) is 5.72. The highest BCUT2D eigenvalue weighted by molar-refractivity contribution is 8.06. The highest BCUT2D eigenvalue weighted by atomic mass is 32.2. The molecule has 6 heteroatoms. The fourth-order valence-corrected chi connectivity index (χ4v) is 4.59. The van der Waals surface area contributed by atoms with Gasteiger partial charge in [0.25, 0.3) is 5.89 Å². The second-order valence-electron chi connectivity index (χ2n) is 4.19. The van der Waals surface area contributed by atoms with Gasteiger partial charge in [0.2, 0.25) is 0 Å². The third kappa shape index (κ3) is 2.74. The van der Waals surface area contributed by atoms with Crippen molar-refractivity contribution in [1.82, 2.24) is 10.1 Å². The Morgan fingerprint density at radius 1 is 1.32 bits per heavy atom. The fraction of sp³-hybridized carbons (Fsp3) is 0.385. The minimum absolute atomic E-state index is 0.359. The summed E-state index contributed by atoms with van der Waals surface area (Å²) >= 11 is 3.87. The van der Waals surface area contributed by atoms with Gasteiger partial charge in [0, 0.05) is 30.0 Å². The number of anilines is 1. The molecule has 0 radical (unpaired) electrons. The van der Waals surface area contributed by atoms with Crippen LogP contribution in [0.4, 0.5) is 5.69 Å². The molecule has 1 unspecified atom stereocenters. The minimum Gasteiger partial charge on any atom is -0.387 e. The summed E-state index contributed by atoms with van der Waals surface area (Å²) in [5.74, 6) is 4.85. The molecule has 2 aromatic rings. The van der Waals surface area contributed by atoms with Crippen molar-refractivity contribution in [1.29, 1.82) is 0 Å². The van der Waals surface area contributed by atoms with E-state index in [-0.39, 0.29) is 0 Å². The van der Waals surface area contributed by atoms with Crippen LogP contribution >= 0.6 is 23.5 Å². The number of benzene rings is 1. The van der Waals surface area contributed by atoms with Gasteiger partial charge in [0.1, 0.15) is 0 Å². The lowest BCUT2D eigenvalue weighted by Gasteiger charge is -2.17. The zero-order valence-corrected chi connectivity index (χ0v) is 12.3. The van der Waals surface area contributed by atoms with Crippen molar-refractivity contribution in [2.45, 2.75) is 5.25 Å². The van der Waals surface area contributed by atoms with Gasteiger partial charge in [-0.25, -0.2) is 0 Å². The Bertz CT molecular complexity index is 552. The molecule has 1 aromatic heterocycles. The zero-order valence-electron chi connectivity index (χ0n) is 10.6. The molecular formula is C13H15N3OS2. The van der Waals surface area contributed by atoms with Crippen molar-refractivity contribution in [3.05, 3.63) is 30.1 Å². The molecule has 2 heterocycles. The summed E-state index contributed by atoms with van der Waals surface area (Å²) in [6.45, 7) is 0. The van der Waals surface area contributed by atoms with Gasteiger partial charge in [-0.05, 0) is 12.1 Å². The first-order valence-electron chi connectivity index (χ1n) is 6.18. The van der Waals surface area contributed by atoms with E-state index in [0.717, 1.165) is 28.6 Å². The van der Waals surface area contributed by atoms with Gasteiger partial charge in [-0.1, -0.05) is 17.3 Å². The Kier molecular flexibility index (Phi) is 3.98. The molecule has 1 aromatic carbocycles. The number of rotatable bonds is 3. The van der Waals surface area contributed by atoms with Crippen molar-refractivity contribution >= 4 is 29.2 Å². The number of hydrogen-bond acceptors (Lipinski definition) is 6. The molecule has 1 N–H and O–H groups in total. The summed E-state index contributed by atoms with van der Waals surface area (Å²) in [4.78, 5) is 4.56. The first kappa shape index (κ1) is 12.9. The molecular weight excluding hydrogens is 278 g/mol. The van der Waals surface area contributed by atoms with Crippen LogP contribution in [0.3, 0.4) is 0 Å². The van der Waals surface area contributed by atoms with Gasteiger partial charge in [-0.2, -0.15) is 16.7 Å². The standard InChI is InChI=1S/C13H15N3OS2/c1-14-10-5-3-2-4-9(10)13-15-12(16-17-13)11-8-18-6-7-19-11/h2-5,11,14H,6-8H2,1H3. The quantitative estimate of drug-likeness (QED) is 0.937. The van der Waals surface area contributed by atoms with E-state index >= 15 is 0 Å². The Balaban J connectivity index is 1.88. The maximum Gasteiger partial charge on any atom is 0.260 e. The molecule has 0 spiro atoms. The van der Waals surface area contributed by atoms with Gasteiger partial charge < -0.3 is 9.84 Å². The molecule has 0 bridgehead atoms. The molecule has 0 amide bonds. The molecule has 1 atom stereocenters. The lowest BCUT2D eigenvalue weighted by molar-refractivity contribution is 0.423. The number of nitrogens with one attached hydrogen (secondary N) is 1. The topological polar surface area (TPSA) is 51.0 Å². The van der Waals surface area contributed by atoms with Crippen molar-refractivity contribution in [3.8, 4) is 11.5 Å². The lowest BCUT2D eigenvalue weighted by atomic mass is 10.2. The van der Waals surface area contributed by atoms with E-state index in [1.807, 2.05) is 54.8 Å². The monoisotopic (exact) mass is 293 g/mol. The van der Waals surface area contributed by atoms with Crippen LogP contribution in [0.1, 0.15) is 11.1 Å². The van der Waals surface area contributed by atoms with Crippen LogP contribution in [0.5, 0.6) is 0 Å². The molecule has 1 saturated heterocycles. The van der Waals surface area contributed by atoms with E-state index in [2.05, 4.69) is 15.5 Å². The van der Waals surface area contributed by atoms with Gasteiger partial charge in [-0.15, -0.1) is 11.8 Å². The first-order valence-corrected chi connectivity index (χ1v) is 8.39. The fourth-order valence-electron chi connectivity index (χ4n) is 2.00. The summed E-state index contributed by atoms with van der Waals surface area (Å²) in [6, 6.07) is 7.96. The van der Waals surface area contributed by atoms with Gasteiger partial charge in [0.05, 0.1) is 10.8 Å². The average molecular weight is 293 g/mol. The van der Waals surface area contributed by atoms with Crippen molar-refractivity contribution in [3.63, 3.8) is 0 Å². The van der Waals surface area contributed by atoms with Crippen LogP contribution in [0.2, 0.25) is 0 Å². The molecule has 0 aliphatic carbocycles. The molecule has 0 saturated carbocycles. The number of nitrogens with zero attached hydrogens (tertiary/aromatic N) is 2. The van der Waals surface area contributed by atoms with Crippen molar-refractivity contribution in [2.24, 2.45) is 0 Å². The number of hydrogen-bond donors (Lipinski definition) is 1. The van der Waals surface area contributed by atoms with E-state index in [9.17, 15) is 0 Å². The number of para-hydroxylation sites is 1. The second-order valence-corrected chi connectivity index (χ2v) is 6.65. The Morgan fingerprint density at radius 2 is 2.21 bits per heavy atom. The number of thioether (sulfide) groups is 2. The van der Waals surface area contributed by atoms with E-state index in [4.69, 9.17) is 4.52 Å². The van der Waals surface area contributed by atoms with E-state index in [1.165, 1.54) is 5.75 Å². The van der Waals surface area contributed by atoms with Crippen LogP contribution in [-0.2, 0) is 0 Å². The molecule has 1 fully saturated rings. The molecule has 3 rings (SSSR count). The third-order valence-electron chi connectivity index (χ3n) is 2.97. The molecule has 100 valence electrons. The molecule has 4 nitrogen and oxygen atoms in total. The summed E-state index contributed by atoms with van der Waals surface area (Å²) in [7, 11) is 1.89. The normalized spacial score (nSPS) is 19.3. The van der Waals surface area contributed by atoms with E-state index < -0.39 is 0 Å². The molecule has 19 heavy (non-hydrogen) atoms. The van der Waals surface area contributed by atoms with E-state index in [0.29, 0.717) is 11.1 Å². The Hall–Kier alpha value is -1.14. The summed E-state index contributed by atoms with van der Waals surface area (Å²) in [5, 5.41) is 7.65. The number of aromatic nitrogens is 2. The van der Waals surface area contributed by atoms with E-state index in [1.54, 1.807) is 0 Å². The minimum atomic E-state index is 0.359. The Morgan fingerprint density at radius 3 is 3.00 bits per heavy atom. The van der Waals surface area contributed by atoms with Crippen molar-refractivity contribution < 1.29 is 4.52 Å². The van der Waals surface area contributed by atoms with Crippen molar-refractivity contribution in [2.75, 3.05) is 29.6 Å². The predicted octanol–water partition coefficient (Wildman–Crippen LogP) is 3.30. The summed E-state index contributed by atoms with van der Waals surface area (Å²) in [6.07, 6.45) is 0. The van der Waals surface area contributed by atoms with Crippen LogP contribution < -0.4 is 5.32 Å². The van der Waals surface area contributed by atoms with Gasteiger partial charge >= 0.3 is 0 Å². The van der Waals surface area contributed by atoms with Crippen LogP contribution in [0, 0.1) is 0 Å². The highest BCUT2D eigenvalue weighted by Gasteiger charge is 2.22. The van der Waals surface area contributed by atoms with Gasteiger partial charge in [0.15, 0.2) is 5.82 Å². The first-order chi connectivity index (χ1) is 9.38. The van der Waals surface area contributed by atoms with Crippen LogP contribution in [-0.4, -0.2) is 34.4 Å². The molecule has 1 aliphatic rings. The summed E-state index contributed by atoms with van der Waals surface area (Å²) in [5.41, 5.74) is 1.96. The maximum atomic E-state index is 5.42. The SMILES string of the molecule is CNc1ccccc1-c1nc(C2CSCCS2)no1. The largest absolute Gasteiger partial charge is 0.387 e. The van der Waals surface area contributed by atoms with Gasteiger partial charge in [-0.3, -0.25) is 0 Å². The smallest absolute Gasteiger partial charge is 0.260 e. The average Bonchev–Trinajstić information content (AvgIpc) is 2.98. The lowest BCUT2D eigenvalue weighted by Crippen LogP contribution is -2.07. The maximum absolute atomic E-state index is 5.42. The predicted molar refractivity (Wildman–Crippen MR) is 81.8 cm³/mol. The highest BCUT2D eigenvalue weighted by Crippen LogP contribution is 2.36. The second kappa shape index (κ2) is 5.88. The summed E-state index contributed by atoms with van der Waals surface area (Å²) < 4.78 is 5.42. The van der Waals surface area contributed by atoms with Crippen LogP contribution in [0.25, 0.3) is 11.5 Å².